The lowest BCUT2D eigenvalue weighted by Crippen LogP contribution is -2.48. The monoisotopic (exact) mass is 330 g/mol. The number of carbonyl (C=O) groups is 1. The largest absolute Gasteiger partial charge is 0.387 e. The first-order valence-corrected chi connectivity index (χ1v) is 9.12. The average molecular weight is 330 g/mol. The molecular formula is C19H26N2O3. The predicted molar refractivity (Wildman–Crippen MR) is 90.4 cm³/mol. The molecule has 4 rings (SSSR count). The van der Waals surface area contributed by atoms with Gasteiger partial charge in [-0.1, -0.05) is 24.3 Å². The molecule has 5 nitrogen and oxygen atoms in total. The number of rotatable bonds is 4. The smallest absolute Gasteiger partial charge is 0.249 e. The van der Waals surface area contributed by atoms with Crippen LogP contribution in [0.15, 0.2) is 24.3 Å². The van der Waals surface area contributed by atoms with Crippen molar-refractivity contribution in [2.75, 3.05) is 13.1 Å². The van der Waals surface area contributed by atoms with Crippen LogP contribution in [0, 0.1) is 5.92 Å². The Hall–Kier alpha value is -1.43. The molecule has 0 bridgehead atoms. The Morgan fingerprint density at radius 2 is 1.88 bits per heavy atom. The van der Waals surface area contributed by atoms with Gasteiger partial charge in [-0.05, 0) is 62.2 Å². The molecular weight excluding hydrogens is 304 g/mol. The van der Waals surface area contributed by atoms with E-state index in [4.69, 9.17) is 0 Å². The molecule has 3 aliphatic rings. The lowest BCUT2D eigenvalue weighted by molar-refractivity contribution is -0.133. The van der Waals surface area contributed by atoms with Crippen LogP contribution in [0.5, 0.6) is 0 Å². The number of amides is 1. The van der Waals surface area contributed by atoms with Gasteiger partial charge in [-0.15, -0.1) is 0 Å². The van der Waals surface area contributed by atoms with E-state index < -0.39 is 12.2 Å². The number of fused-ring (bicyclic) bond motifs is 1. The Morgan fingerprint density at radius 3 is 2.54 bits per heavy atom. The Morgan fingerprint density at radius 1 is 1.17 bits per heavy atom. The summed E-state index contributed by atoms with van der Waals surface area (Å²) in [5, 5.41) is 23.8. The second kappa shape index (κ2) is 6.47. The summed E-state index contributed by atoms with van der Waals surface area (Å²) in [7, 11) is 0. The van der Waals surface area contributed by atoms with E-state index in [1.807, 2.05) is 18.2 Å². The molecule has 0 aromatic heterocycles. The summed E-state index contributed by atoms with van der Waals surface area (Å²) in [4.78, 5) is 14.3. The van der Waals surface area contributed by atoms with Crippen molar-refractivity contribution in [1.82, 2.24) is 10.2 Å². The zero-order chi connectivity index (χ0) is 16.7. The number of nitrogens with zero attached hydrogens (tertiary/aromatic N) is 1. The van der Waals surface area contributed by atoms with Crippen LogP contribution in [0.1, 0.15) is 42.9 Å². The lowest BCUT2D eigenvalue weighted by atomic mass is 9.89. The molecule has 130 valence electrons. The fourth-order valence-corrected chi connectivity index (χ4v) is 4.18. The second-order valence-electron chi connectivity index (χ2n) is 7.52. The third kappa shape index (κ3) is 3.08. The van der Waals surface area contributed by atoms with Gasteiger partial charge >= 0.3 is 0 Å². The van der Waals surface area contributed by atoms with Crippen LogP contribution in [-0.4, -0.2) is 52.3 Å². The molecule has 0 radical (unpaired) electrons. The molecule has 3 N–H and O–H groups in total. The summed E-state index contributed by atoms with van der Waals surface area (Å²) in [6, 6.07) is 8.52. The van der Waals surface area contributed by atoms with Crippen molar-refractivity contribution in [3.8, 4) is 0 Å². The van der Waals surface area contributed by atoms with E-state index in [9.17, 15) is 15.0 Å². The van der Waals surface area contributed by atoms with Gasteiger partial charge in [0, 0.05) is 12.1 Å². The minimum atomic E-state index is -0.890. The van der Waals surface area contributed by atoms with Gasteiger partial charge in [0.2, 0.25) is 5.91 Å². The summed E-state index contributed by atoms with van der Waals surface area (Å²) in [5.41, 5.74) is 2.29. The van der Waals surface area contributed by atoms with Crippen molar-refractivity contribution in [1.29, 1.82) is 0 Å². The molecule has 1 amide bonds. The SMILES string of the molecule is O=C(NC1CC1)C(O)C1CCN(C2Cc3ccccc3C2O)CC1. The number of benzene rings is 1. The van der Waals surface area contributed by atoms with Crippen LogP contribution in [-0.2, 0) is 11.2 Å². The third-order valence-corrected chi connectivity index (χ3v) is 5.85. The topological polar surface area (TPSA) is 72.8 Å². The Labute approximate surface area is 142 Å². The number of carbonyl (C=O) groups excluding carboxylic acids is 1. The van der Waals surface area contributed by atoms with Crippen LogP contribution < -0.4 is 5.32 Å². The number of likely N-dealkylation sites (tertiary alicyclic amines) is 1. The fourth-order valence-electron chi connectivity index (χ4n) is 4.18. The van der Waals surface area contributed by atoms with E-state index in [1.165, 1.54) is 5.56 Å². The second-order valence-corrected chi connectivity index (χ2v) is 7.52. The van der Waals surface area contributed by atoms with Crippen LogP contribution in [0.3, 0.4) is 0 Å². The number of hydrogen-bond acceptors (Lipinski definition) is 4. The number of piperidine rings is 1. The molecule has 2 aliphatic carbocycles. The quantitative estimate of drug-likeness (QED) is 0.770. The Bertz CT molecular complexity index is 608. The standard InChI is InChI=1S/C19H26N2O3/c22-17(19(24)20-14-5-6-14)12-7-9-21(10-8-12)16-11-13-3-1-2-4-15(13)18(16)23/h1-4,12,14,16-18,22-23H,5-11H2,(H,20,24). The van der Waals surface area contributed by atoms with Crippen molar-refractivity contribution < 1.29 is 15.0 Å². The lowest BCUT2D eigenvalue weighted by Gasteiger charge is -2.38. The highest BCUT2D eigenvalue weighted by Gasteiger charge is 2.38. The van der Waals surface area contributed by atoms with E-state index in [0.717, 1.165) is 50.8 Å². The number of hydrogen-bond donors (Lipinski definition) is 3. The average Bonchev–Trinajstić information content (AvgIpc) is 3.36. The molecule has 3 unspecified atom stereocenters. The highest BCUT2D eigenvalue weighted by atomic mass is 16.3. The molecule has 0 spiro atoms. The summed E-state index contributed by atoms with van der Waals surface area (Å²) < 4.78 is 0. The van der Waals surface area contributed by atoms with Gasteiger partial charge in [0.05, 0.1) is 6.10 Å². The highest BCUT2D eigenvalue weighted by Crippen LogP contribution is 2.36. The molecule has 1 saturated carbocycles. The van der Waals surface area contributed by atoms with Crippen molar-refractivity contribution in [2.45, 2.75) is 56.4 Å². The van der Waals surface area contributed by atoms with Crippen LogP contribution in [0.2, 0.25) is 0 Å². The van der Waals surface area contributed by atoms with E-state index in [2.05, 4.69) is 16.3 Å². The van der Waals surface area contributed by atoms with Crippen molar-refractivity contribution >= 4 is 5.91 Å². The predicted octanol–water partition coefficient (Wildman–Crippen LogP) is 0.996. The first-order valence-electron chi connectivity index (χ1n) is 9.12. The summed E-state index contributed by atoms with van der Waals surface area (Å²) in [6.07, 6.45) is 3.25. The number of nitrogens with one attached hydrogen (secondary N) is 1. The first kappa shape index (κ1) is 16.1. The summed E-state index contributed by atoms with van der Waals surface area (Å²) in [6.45, 7) is 1.66. The molecule has 24 heavy (non-hydrogen) atoms. The van der Waals surface area contributed by atoms with Gasteiger partial charge in [-0.3, -0.25) is 9.69 Å². The molecule has 1 aliphatic heterocycles. The third-order valence-electron chi connectivity index (χ3n) is 5.85. The van der Waals surface area contributed by atoms with E-state index >= 15 is 0 Å². The first-order chi connectivity index (χ1) is 11.6. The van der Waals surface area contributed by atoms with Gasteiger partial charge in [0.1, 0.15) is 6.10 Å². The van der Waals surface area contributed by atoms with Gasteiger partial charge in [0.15, 0.2) is 0 Å². The summed E-state index contributed by atoms with van der Waals surface area (Å²) in [5.74, 6) is -0.176. The molecule has 1 aromatic rings. The molecule has 1 heterocycles. The van der Waals surface area contributed by atoms with Crippen LogP contribution >= 0.6 is 0 Å². The van der Waals surface area contributed by atoms with Gasteiger partial charge in [0.25, 0.3) is 0 Å². The zero-order valence-corrected chi connectivity index (χ0v) is 13.9. The van der Waals surface area contributed by atoms with Crippen LogP contribution in [0.25, 0.3) is 0 Å². The summed E-state index contributed by atoms with van der Waals surface area (Å²) >= 11 is 0. The fraction of sp³-hybridized carbons (Fsp3) is 0.632. The van der Waals surface area contributed by atoms with Crippen molar-refractivity contribution in [2.24, 2.45) is 5.92 Å². The van der Waals surface area contributed by atoms with E-state index in [0.29, 0.717) is 6.04 Å². The van der Waals surface area contributed by atoms with E-state index in [1.54, 1.807) is 0 Å². The normalized spacial score (nSPS) is 29.2. The zero-order valence-electron chi connectivity index (χ0n) is 13.9. The molecule has 5 heteroatoms. The van der Waals surface area contributed by atoms with Gasteiger partial charge in [-0.25, -0.2) is 0 Å². The Balaban J connectivity index is 1.32. The molecule has 1 aromatic carbocycles. The van der Waals surface area contributed by atoms with E-state index in [-0.39, 0.29) is 17.9 Å². The van der Waals surface area contributed by atoms with Crippen molar-refractivity contribution in [3.05, 3.63) is 35.4 Å². The van der Waals surface area contributed by atoms with Crippen LogP contribution in [0.4, 0.5) is 0 Å². The van der Waals surface area contributed by atoms with Gasteiger partial charge in [-0.2, -0.15) is 0 Å². The molecule has 2 fully saturated rings. The highest BCUT2D eigenvalue weighted by molar-refractivity contribution is 5.81. The maximum absolute atomic E-state index is 12.0. The number of aliphatic hydroxyl groups excluding tert-OH is 2. The maximum atomic E-state index is 12.0. The van der Waals surface area contributed by atoms with Gasteiger partial charge < -0.3 is 15.5 Å². The van der Waals surface area contributed by atoms with Crippen molar-refractivity contribution in [3.63, 3.8) is 0 Å². The number of aliphatic hydroxyl groups is 2. The molecule has 3 atom stereocenters. The minimum absolute atomic E-state index is 0.0286. The minimum Gasteiger partial charge on any atom is -0.387 e. The molecule has 1 saturated heterocycles. The maximum Gasteiger partial charge on any atom is 0.249 e. The Kier molecular flexibility index (Phi) is 4.33.